The van der Waals surface area contributed by atoms with Gasteiger partial charge in [0.15, 0.2) is 6.29 Å². The number of hydrogen-bond donors (Lipinski definition) is 0. The summed E-state index contributed by atoms with van der Waals surface area (Å²) in [7, 11) is 1.97. The van der Waals surface area contributed by atoms with Gasteiger partial charge in [0.2, 0.25) is 0 Å². The van der Waals surface area contributed by atoms with E-state index in [0.29, 0.717) is 0 Å². The molecule has 1 saturated heterocycles. The van der Waals surface area contributed by atoms with Gasteiger partial charge in [-0.3, -0.25) is 0 Å². The Morgan fingerprint density at radius 1 is 0.268 bits per heavy atom. The van der Waals surface area contributed by atoms with Crippen LogP contribution in [0.4, 0.5) is 0 Å². The maximum absolute atomic E-state index is 8.64. The third-order valence-corrected chi connectivity index (χ3v) is 25.7. The smallest absolute Gasteiger partial charge is 0.167 e. The van der Waals surface area contributed by atoms with Crippen LogP contribution in [-0.4, -0.2) is 13.4 Å². The average Bonchev–Trinajstić information content (AvgIpc) is 4.37. The van der Waals surface area contributed by atoms with E-state index in [9.17, 15) is 0 Å². The molecule has 298 valence electrons. The fourth-order valence-electron chi connectivity index (χ4n) is 25.7. The molecule has 2 nitrogen and oxygen atoms in total. The van der Waals surface area contributed by atoms with Gasteiger partial charge < -0.3 is 9.47 Å². The van der Waals surface area contributed by atoms with Gasteiger partial charge >= 0.3 is 0 Å². The van der Waals surface area contributed by atoms with Gasteiger partial charge in [0, 0.05) is 18.2 Å². The lowest BCUT2D eigenvalue weighted by molar-refractivity contribution is -0.149. The quantitative estimate of drug-likeness (QED) is 0.161. The Kier molecular flexibility index (Phi) is 2.26. The molecular weight excluding hydrogens is 861 g/mol. The SMILES string of the molecule is CO[C@@H]1OC23c4c5c6c7c8c9c(c%10c%11c2c2c4c4c%12c5c5c6c6c8c8c%13c9c9c%10c%10c%11c%11c2c2c4c4c%12c%12c5c5c6c8c6c8c%13c9c9c%10c%10c%11c2c2c4c4c%12c5c6c5c8c9c%10c2c45)C73[C@H]1c1ccccc1. The van der Waals surface area contributed by atoms with E-state index in [-0.39, 0.29) is 5.92 Å². The molecule has 0 aromatic heterocycles. The molecule has 2 atom stereocenters. The van der Waals surface area contributed by atoms with Crippen LogP contribution in [0, 0.1) is 0 Å². The normalized spacial score (nSPS) is 24.5. The summed E-state index contributed by atoms with van der Waals surface area (Å²) in [4.78, 5) is 0. The molecule has 0 saturated carbocycles. The predicted molar refractivity (Wildman–Crippen MR) is 295 cm³/mol. The minimum atomic E-state index is -0.778. The van der Waals surface area contributed by atoms with Gasteiger partial charge in [0.1, 0.15) is 5.60 Å². The summed E-state index contributed by atoms with van der Waals surface area (Å²) in [5.74, 6) is -0.0653. The van der Waals surface area contributed by atoms with Crippen molar-refractivity contribution in [1.82, 2.24) is 0 Å². The van der Waals surface area contributed by atoms with E-state index in [1.54, 1.807) is 302 Å². The molecule has 1 fully saturated rings. The fraction of sp³-hybridized carbons (Fsp3) is 0.0725. The molecule has 4 aliphatic carbocycles. The van der Waals surface area contributed by atoms with E-state index in [0.717, 1.165) is 0 Å². The van der Waals surface area contributed by atoms with E-state index >= 15 is 0 Å². The second kappa shape index (κ2) is 6.04. The number of methoxy groups -OCH3 is 1. The highest BCUT2D eigenvalue weighted by Crippen LogP contribution is 2.87. The molecule has 29 aromatic carbocycles. The predicted octanol–water partition coefficient (Wildman–Crippen LogP) is 18.0. The molecule has 34 rings (SSSR count). The summed E-state index contributed by atoms with van der Waals surface area (Å²) in [6.07, 6.45) is -0.447. The first-order valence-corrected chi connectivity index (χ1v) is 26.4. The first-order valence-electron chi connectivity index (χ1n) is 26.4. The summed E-state index contributed by atoms with van der Waals surface area (Å²) < 4.78 is 15.7. The van der Waals surface area contributed by atoms with Crippen LogP contribution in [0.15, 0.2) is 30.3 Å². The monoisotopic (exact) mass is 870 g/mol. The lowest BCUT2D eigenvalue weighted by Crippen LogP contribution is -2.51. The number of rotatable bonds is 2. The molecule has 0 radical (unpaired) electrons. The summed E-state index contributed by atoms with van der Waals surface area (Å²) in [6.45, 7) is 0. The van der Waals surface area contributed by atoms with Crippen LogP contribution in [0.2, 0.25) is 0 Å². The second-order valence-electron chi connectivity index (χ2n) is 25.8. The Morgan fingerprint density at radius 2 is 0.465 bits per heavy atom. The van der Waals surface area contributed by atoms with Crippen LogP contribution < -0.4 is 0 Å². The van der Waals surface area contributed by atoms with Crippen LogP contribution in [0.25, 0.3) is 291 Å². The van der Waals surface area contributed by atoms with Gasteiger partial charge in [0.25, 0.3) is 0 Å². The molecule has 2 spiro atoms. The van der Waals surface area contributed by atoms with Crippen LogP contribution in [-0.2, 0) is 20.5 Å². The number of hydrogen-bond acceptors (Lipinski definition) is 2. The van der Waals surface area contributed by atoms with E-state index < -0.39 is 17.3 Å². The maximum Gasteiger partial charge on any atom is 0.167 e. The molecule has 71 heavy (non-hydrogen) atoms. The van der Waals surface area contributed by atoms with Gasteiger partial charge in [-0.05, 0) is 308 Å². The molecule has 1 aliphatic heterocycles. The van der Waals surface area contributed by atoms with Crippen LogP contribution in [0.3, 0.4) is 0 Å². The highest BCUT2D eigenvalue weighted by Gasteiger charge is 2.78. The van der Waals surface area contributed by atoms with Crippen LogP contribution in [0.1, 0.15) is 33.7 Å². The molecule has 2 heteroatoms. The first-order chi connectivity index (χ1) is 35.4. The van der Waals surface area contributed by atoms with E-state index in [1.807, 2.05) is 7.11 Å². The van der Waals surface area contributed by atoms with Gasteiger partial charge in [0.05, 0.1) is 11.3 Å². The van der Waals surface area contributed by atoms with E-state index in [1.165, 1.54) is 16.7 Å². The summed E-state index contributed by atoms with van der Waals surface area (Å²) >= 11 is 0. The van der Waals surface area contributed by atoms with Crippen molar-refractivity contribution < 1.29 is 9.47 Å². The third kappa shape index (κ3) is 1.41. The van der Waals surface area contributed by atoms with Crippen molar-refractivity contribution in [2.75, 3.05) is 7.11 Å². The molecule has 0 unspecified atom stereocenters. The second-order valence-corrected chi connectivity index (χ2v) is 25.8. The zero-order chi connectivity index (χ0) is 42.2. The topological polar surface area (TPSA) is 18.5 Å². The minimum Gasteiger partial charge on any atom is -0.355 e. The lowest BCUT2D eigenvalue weighted by atomic mass is 9.50. The molecule has 29 aromatic rings. The van der Waals surface area contributed by atoms with Gasteiger partial charge in [-0.25, -0.2) is 0 Å². The Bertz CT molecular complexity index is 7200. The first kappa shape index (κ1) is 26.5. The Balaban J connectivity index is 1.18. The summed E-state index contributed by atoms with van der Waals surface area (Å²) in [5.41, 5.74) is 6.34. The van der Waals surface area contributed by atoms with Crippen molar-refractivity contribution in [2.24, 2.45) is 0 Å². The van der Waals surface area contributed by atoms with Crippen molar-refractivity contribution in [2.45, 2.75) is 23.2 Å². The van der Waals surface area contributed by atoms with Crippen molar-refractivity contribution in [1.29, 1.82) is 0 Å². The van der Waals surface area contributed by atoms with Gasteiger partial charge in [-0.15, -0.1) is 0 Å². The fourth-order valence-corrected chi connectivity index (χ4v) is 25.7. The molecule has 0 amide bonds. The Morgan fingerprint density at radius 3 is 0.676 bits per heavy atom. The highest BCUT2D eigenvalue weighted by atomic mass is 16.7. The Hall–Kier alpha value is -8.40. The van der Waals surface area contributed by atoms with Crippen molar-refractivity contribution in [3.63, 3.8) is 0 Å². The molecule has 1 heterocycles. The van der Waals surface area contributed by atoms with Gasteiger partial charge in [-0.1, -0.05) is 30.3 Å². The molecule has 5 aliphatic rings. The number of ether oxygens (including phenoxy) is 2. The summed E-state index contributed by atoms with van der Waals surface area (Å²) in [6, 6.07) is 11.7. The highest BCUT2D eigenvalue weighted by molar-refractivity contribution is 6.82. The molecule has 0 bridgehead atoms. The molecular formula is C69H10O2. The summed E-state index contributed by atoms with van der Waals surface area (Å²) in [5, 5.41) is 87.2. The molecule has 0 N–H and O–H groups in total. The average molecular weight is 871 g/mol. The third-order valence-electron chi connectivity index (χ3n) is 25.7. The van der Waals surface area contributed by atoms with Crippen molar-refractivity contribution >= 4 is 291 Å². The van der Waals surface area contributed by atoms with Gasteiger partial charge in [-0.2, -0.15) is 0 Å². The van der Waals surface area contributed by atoms with E-state index in [4.69, 9.17) is 9.47 Å². The Labute approximate surface area is 386 Å². The van der Waals surface area contributed by atoms with Crippen molar-refractivity contribution in [3.8, 4) is 0 Å². The van der Waals surface area contributed by atoms with Crippen molar-refractivity contribution in [3.05, 3.63) is 58.1 Å². The largest absolute Gasteiger partial charge is 0.355 e. The number of benzene rings is 19. The zero-order valence-corrected chi connectivity index (χ0v) is 36.4. The minimum absolute atomic E-state index is 0.0653. The van der Waals surface area contributed by atoms with Crippen LogP contribution >= 0.6 is 0 Å². The lowest BCUT2D eigenvalue weighted by Gasteiger charge is -2.50. The van der Waals surface area contributed by atoms with Crippen LogP contribution in [0.5, 0.6) is 0 Å². The zero-order valence-electron chi connectivity index (χ0n) is 36.4. The van der Waals surface area contributed by atoms with E-state index in [2.05, 4.69) is 30.3 Å². The maximum atomic E-state index is 8.64. The standard InChI is InChI=1S/C69H10O2/c1-70-67-62(7-5-3-2-4-6-7)68-63-54-46-36-26-18-10-8-9-12-16-14(10)22-30-24(16)34-28-20(12)21-13(9)17-15-11(8)19(18)27-33-23(15)31-25(17)35-29(21)39-38(28)50-44(34)52-42(30)48(40(46)32(22)26)56(63)58(52)65-60(50)61-51(39)45(35)53-43(31)49-41(33)47(37(27)36)55(54)64(68)57(49)59(53)66(61)69(65,68)71-67/h2-6,62,67H,1H3/t62-,67+,68?,69?/m0/s1.